The van der Waals surface area contributed by atoms with Crippen LogP contribution in [0.25, 0.3) is 0 Å². The largest absolute Gasteiger partial charge is 0.352 e. The zero-order valence-corrected chi connectivity index (χ0v) is 13.7. The lowest BCUT2D eigenvalue weighted by Crippen LogP contribution is -2.27. The van der Waals surface area contributed by atoms with Gasteiger partial charge in [-0.25, -0.2) is 13.1 Å². The van der Waals surface area contributed by atoms with Gasteiger partial charge in [-0.3, -0.25) is 0 Å². The first kappa shape index (κ1) is 15.5. The van der Waals surface area contributed by atoms with E-state index in [1.54, 1.807) is 23.9 Å². The quantitative estimate of drug-likeness (QED) is 0.864. The van der Waals surface area contributed by atoms with Crippen LogP contribution in [-0.4, -0.2) is 19.5 Å². The second-order valence-electron chi connectivity index (χ2n) is 6.83. The fourth-order valence-corrected chi connectivity index (χ4v) is 4.19. The first-order chi connectivity index (χ1) is 9.04. The number of hydrogen-bond acceptors (Lipinski definition) is 3. The Bertz CT molecular complexity index is 600. The van der Waals surface area contributed by atoms with Gasteiger partial charge in [0, 0.05) is 32.0 Å². The van der Waals surface area contributed by atoms with Gasteiger partial charge in [0.25, 0.3) is 0 Å². The number of hydrogen-bond donors (Lipinski definition) is 2. The molecule has 2 rings (SSSR count). The second-order valence-corrected chi connectivity index (χ2v) is 8.60. The summed E-state index contributed by atoms with van der Waals surface area (Å²) in [5, 5.41) is 0. The number of sulfonamides is 1. The van der Waals surface area contributed by atoms with Gasteiger partial charge in [-0.2, -0.15) is 0 Å². The summed E-state index contributed by atoms with van der Waals surface area (Å²) in [5.41, 5.74) is 6.73. The molecule has 20 heavy (non-hydrogen) atoms. The van der Waals surface area contributed by atoms with Crippen molar-refractivity contribution < 1.29 is 8.42 Å². The van der Waals surface area contributed by atoms with Crippen LogP contribution in [0.15, 0.2) is 17.2 Å². The van der Waals surface area contributed by atoms with E-state index in [1.807, 2.05) is 0 Å². The molecule has 0 atom stereocenters. The third-order valence-electron chi connectivity index (χ3n) is 5.40. The van der Waals surface area contributed by atoms with E-state index in [4.69, 9.17) is 5.73 Å². The average Bonchev–Trinajstić information content (AvgIpc) is 2.64. The molecule has 0 spiro atoms. The number of aromatic nitrogens is 1. The molecule has 6 heteroatoms. The molecule has 0 saturated heterocycles. The Balaban J connectivity index is 2.09. The van der Waals surface area contributed by atoms with Crippen molar-refractivity contribution in [3.05, 3.63) is 18.0 Å². The number of nitrogens with two attached hydrogens (primary N) is 1. The third-order valence-corrected chi connectivity index (χ3v) is 6.79. The van der Waals surface area contributed by atoms with E-state index in [0.29, 0.717) is 19.0 Å². The van der Waals surface area contributed by atoms with Crippen LogP contribution in [0.5, 0.6) is 0 Å². The van der Waals surface area contributed by atoms with Gasteiger partial charge in [-0.1, -0.05) is 27.7 Å². The smallest absolute Gasteiger partial charge is 0.242 e. The van der Waals surface area contributed by atoms with Gasteiger partial charge in [-0.05, 0) is 22.8 Å². The standard InChI is InChI=1S/C14H25N3O2S/c1-13(2)12(14(13,3)4)8-16-20(18,19)11-6-10(7-15)17(5)9-11/h6,9,12,16H,7-8,15H2,1-5H3. The zero-order valence-electron chi connectivity index (χ0n) is 12.9. The molecule has 1 saturated carbocycles. The molecule has 0 radical (unpaired) electrons. The summed E-state index contributed by atoms with van der Waals surface area (Å²) >= 11 is 0. The molecule has 1 fully saturated rings. The normalized spacial score (nSPS) is 21.1. The number of rotatable bonds is 5. The van der Waals surface area contributed by atoms with Crippen molar-refractivity contribution in [1.82, 2.24) is 9.29 Å². The SMILES string of the molecule is Cn1cc(S(=O)(=O)NCC2C(C)(C)C2(C)C)cc1CN. The summed E-state index contributed by atoms with van der Waals surface area (Å²) in [6, 6.07) is 1.63. The molecule has 0 aromatic carbocycles. The second kappa shape index (κ2) is 4.58. The van der Waals surface area contributed by atoms with Gasteiger partial charge in [0.2, 0.25) is 10.0 Å². The highest BCUT2D eigenvalue weighted by molar-refractivity contribution is 7.89. The molecule has 1 heterocycles. The Morgan fingerprint density at radius 3 is 2.25 bits per heavy atom. The van der Waals surface area contributed by atoms with Crippen molar-refractivity contribution in [2.45, 2.75) is 39.1 Å². The Morgan fingerprint density at radius 1 is 1.30 bits per heavy atom. The maximum absolute atomic E-state index is 12.3. The molecule has 0 bridgehead atoms. The maximum atomic E-state index is 12.3. The van der Waals surface area contributed by atoms with Crippen molar-refractivity contribution in [2.75, 3.05) is 6.54 Å². The van der Waals surface area contributed by atoms with E-state index < -0.39 is 10.0 Å². The van der Waals surface area contributed by atoms with Gasteiger partial charge in [-0.15, -0.1) is 0 Å². The van der Waals surface area contributed by atoms with E-state index in [1.165, 1.54) is 0 Å². The molecular formula is C14H25N3O2S. The molecule has 1 aliphatic carbocycles. The monoisotopic (exact) mass is 299 g/mol. The molecule has 1 aliphatic rings. The Morgan fingerprint density at radius 2 is 1.85 bits per heavy atom. The summed E-state index contributed by atoms with van der Waals surface area (Å²) in [5.74, 6) is 0.363. The molecule has 1 aromatic heterocycles. The van der Waals surface area contributed by atoms with E-state index in [0.717, 1.165) is 5.69 Å². The lowest BCUT2D eigenvalue weighted by molar-refractivity contribution is 0.457. The Kier molecular flexibility index (Phi) is 3.56. The third kappa shape index (κ3) is 2.29. The van der Waals surface area contributed by atoms with Crippen LogP contribution in [0.1, 0.15) is 33.4 Å². The summed E-state index contributed by atoms with van der Waals surface area (Å²) in [6.07, 6.45) is 1.60. The predicted octanol–water partition coefficient (Wildman–Crippen LogP) is 1.44. The molecule has 1 aromatic rings. The minimum absolute atomic E-state index is 0.175. The van der Waals surface area contributed by atoms with Gasteiger partial charge < -0.3 is 10.3 Å². The molecule has 0 aliphatic heterocycles. The molecular weight excluding hydrogens is 274 g/mol. The van der Waals surface area contributed by atoms with Crippen LogP contribution in [0.3, 0.4) is 0 Å². The lowest BCUT2D eigenvalue weighted by Gasteiger charge is -2.06. The highest BCUT2D eigenvalue weighted by Crippen LogP contribution is 2.67. The molecule has 3 N–H and O–H groups in total. The molecule has 0 amide bonds. The van der Waals surface area contributed by atoms with E-state index in [-0.39, 0.29) is 15.7 Å². The van der Waals surface area contributed by atoms with Crippen LogP contribution in [0, 0.1) is 16.7 Å². The minimum atomic E-state index is -3.45. The Labute approximate surface area is 121 Å². The van der Waals surface area contributed by atoms with Gasteiger partial charge in [0.15, 0.2) is 0 Å². The minimum Gasteiger partial charge on any atom is -0.352 e. The van der Waals surface area contributed by atoms with Crippen LogP contribution >= 0.6 is 0 Å². The van der Waals surface area contributed by atoms with Gasteiger partial charge >= 0.3 is 0 Å². The highest BCUT2D eigenvalue weighted by Gasteiger charge is 2.64. The van der Waals surface area contributed by atoms with Crippen LogP contribution in [0.2, 0.25) is 0 Å². The fraction of sp³-hybridized carbons (Fsp3) is 0.714. The molecule has 5 nitrogen and oxygen atoms in total. The maximum Gasteiger partial charge on any atom is 0.242 e. The number of nitrogens with zero attached hydrogens (tertiary/aromatic N) is 1. The van der Waals surface area contributed by atoms with Crippen molar-refractivity contribution in [2.24, 2.45) is 29.5 Å². The van der Waals surface area contributed by atoms with Crippen molar-refractivity contribution in [3.63, 3.8) is 0 Å². The van der Waals surface area contributed by atoms with Gasteiger partial charge in [0.05, 0.1) is 4.90 Å². The summed E-state index contributed by atoms with van der Waals surface area (Å²) in [7, 11) is -1.65. The van der Waals surface area contributed by atoms with Crippen LogP contribution < -0.4 is 10.5 Å². The lowest BCUT2D eigenvalue weighted by atomic mass is 10.0. The van der Waals surface area contributed by atoms with E-state index in [9.17, 15) is 8.42 Å². The predicted molar refractivity (Wildman–Crippen MR) is 79.5 cm³/mol. The first-order valence-electron chi connectivity index (χ1n) is 6.89. The zero-order chi connectivity index (χ0) is 15.3. The molecule has 114 valence electrons. The number of nitrogens with one attached hydrogen (secondary N) is 1. The van der Waals surface area contributed by atoms with Crippen molar-refractivity contribution >= 4 is 10.0 Å². The number of aryl methyl sites for hydroxylation is 1. The topological polar surface area (TPSA) is 77.1 Å². The average molecular weight is 299 g/mol. The van der Waals surface area contributed by atoms with Crippen LogP contribution in [0.4, 0.5) is 0 Å². The van der Waals surface area contributed by atoms with Crippen LogP contribution in [-0.2, 0) is 23.6 Å². The summed E-state index contributed by atoms with van der Waals surface area (Å²) < 4.78 is 29.1. The first-order valence-corrected chi connectivity index (χ1v) is 8.37. The highest BCUT2D eigenvalue weighted by atomic mass is 32.2. The Hall–Kier alpha value is -0.850. The fourth-order valence-electron chi connectivity index (χ4n) is 3.05. The van der Waals surface area contributed by atoms with E-state index >= 15 is 0 Å². The van der Waals surface area contributed by atoms with Crippen molar-refractivity contribution in [1.29, 1.82) is 0 Å². The summed E-state index contributed by atoms with van der Waals surface area (Å²) in [4.78, 5) is 0.289. The molecule has 0 unspecified atom stereocenters. The van der Waals surface area contributed by atoms with E-state index in [2.05, 4.69) is 32.4 Å². The van der Waals surface area contributed by atoms with Gasteiger partial charge in [0.1, 0.15) is 0 Å². The summed E-state index contributed by atoms with van der Waals surface area (Å²) in [6.45, 7) is 9.54. The van der Waals surface area contributed by atoms with Crippen molar-refractivity contribution in [3.8, 4) is 0 Å².